The third kappa shape index (κ3) is 2.68. The van der Waals surface area contributed by atoms with Gasteiger partial charge in [-0.2, -0.15) is 0 Å². The van der Waals surface area contributed by atoms with Crippen LogP contribution in [0.4, 0.5) is 0 Å². The second kappa shape index (κ2) is 5.22. The van der Waals surface area contributed by atoms with Gasteiger partial charge in [0.15, 0.2) is 0 Å². The molecule has 0 spiro atoms. The number of sulfonamides is 1. The molecule has 1 saturated carbocycles. The van der Waals surface area contributed by atoms with Gasteiger partial charge in [0.05, 0.1) is 0 Å². The highest BCUT2D eigenvalue weighted by Gasteiger charge is 2.32. The largest absolute Gasteiger partial charge is 0.477 e. The molecule has 0 saturated heterocycles. The molecule has 1 aliphatic carbocycles. The highest BCUT2D eigenvalue weighted by molar-refractivity contribution is 7.89. The monoisotopic (exact) mass is 303 g/mol. The van der Waals surface area contributed by atoms with Gasteiger partial charge >= 0.3 is 5.97 Å². The average molecular weight is 303 g/mol. The topological polar surface area (TPSA) is 74.7 Å². The van der Waals surface area contributed by atoms with E-state index in [-0.39, 0.29) is 9.77 Å². The van der Waals surface area contributed by atoms with Crippen LogP contribution < -0.4 is 0 Å². The summed E-state index contributed by atoms with van der Waals surface area (Å²) in [6.45, 7) is 2.10. The predicted octanol–water partition coefficient (Wildman–Crippen LogP) is 2.18. The van der Waals surface area contributed by atoms with Crippen molar-refractivity contribution in [3.63, 3.8) is 0 Å². The molecule has 0 aliphatic heterocycles. The minimum absolute atomic E-state index is 0.0492. The smallest absolute Gasteiger partial charge is 0.347 e. The number of carboxylic acids is 1. The summed E-state index contributed by atoms with van der Waals surface area (Å²) in [6, 6.07) is 0. The molecule has 0 aromatic carbocycles. The molecule has 106 valence electrons. The molecule has 1 heterocycles. The van der Waals surface area contributed by atoms with Crippen molar-refractivity contribution in [3.05, 3.63) is 15.8 Å². The maximum Gasteiger partial charge on any atom is 0.347 e. The fourth-order valence-electron chi connectivity index (χ4n) is 2.19. The third-order valence-electron chi connectivity index (χ3n) is 3.52. The van der Waals surface area contributed by atoms with Gasteiger partial charge in [-0.05, 0) is 36.6 Å². The van der Waals surface area contributed by atoms with E-state index in [1.807, 2.05) is 0 Å². The van der Waals surface area contributed by atoms with Crippen LogP contribution in [0.25, 0.3) is 0 Å². The predicted molar refractivity (Wildman–Crippen MR) is 73.2 cm³/mol. The first-order valence-electron chi connectivity index (χ1n) is 6.11. The SMILES string of the molecule is Cc1csc(C(=O)O)c1S(=O)(=O)N(C)CC1CCC1. The van der Waals surface area contributed by atoms with E-state index in [2.05, 4.69) is 0 Å². The maximum atomic E-state index is 12.5. The Hall–Kier alpha value is -0.920. The van der Waals surface area contributed by atoms with Crippen LogP contribution in [-0.4, -0.2) is 37.4 Å². The second-order valence-electron chi connectivity index (χ2n) is 4.96. The van der Waals surface area contributed by atoms with Crippen molar-refractivity contribution >= 4 is 27.3 Å². The van der Waals surface area contributed by atoms with Crippen LogP contribution in [0.1, 0.15) is 34.5 Å². The molecule has 19 heavy (non-hydrogen) atoms. The minimum atomic E-state index is -3.71. The molecule has 1 fully saturated rings. The lowest BCUT2D eigenvalue weighted by atomic mass is 9.86. The van der Waals surface area contributed by atoms with Crippen LogP contribution in [0.2, 0.25) is 0 Å². The van der Waals surface area contributed by atoms with Gasteiger partial charge in [-0.25, -0.2) is 17.5 Å². The fourth-order valence-corrected chi connectivity index (χ4v) is 5.02. The van der Waals surface area contributed by atoms with E-state index in [4.69, 9.17) is 5.11 Å². The summed E-state index contributed by atoms with van der Waals surface area (Å²) in [4.78, 5) is 11.0. The van der Waals surface area contributed by atoms with E-state index in [1.54, 1.807) is 12.3 Å². The summed E-state index contributed by atoms with van der Waals surface area (Å²) in [6.07, 6.45) is 3.25. The lowest BCUT2D eigenvalue weighted by molar-refractivity contribution is 0.0698. The Labute approximate surface area is 116 Å². The van der Waals surface area contributed by atoms with E-state index < -0.39 is 16.0 Å². The van der Waals surface area contributed by atoms with E-state index in [9.17, 15) is 13.2 Å². The molecule has 0 bridgehead atoms. The molecule has 5 nitrogen and oxygen atoms in total. The standard InChI is InChI=1S/C12H17NO4S2/c1-8-7-18-10(12(14)15)11(8)19(16,17)13(2)6-9-4-3-5-9/h7,9H,3-6H2,1-2H3,(H,14,15). The molecular formula is C12H17NO4S2. The fraction of sp³-hybridized carbons (Fsp3) is 0.583. The number of rotatable bonds is 5. The van der Waals surface area contributed by atoms with Gasteiger partial charge in [-0.3, -0.25) is 0 Å². The first-order chi connectivity index (χ1) is 8.84. The lowest BCUT2D eigenvalue weighted by Gasteiger charge is -2.29. The third-order valence-corrected chi connectivity index (χ3v) is 6.75. The molecule has 7 heteroatoms. The summed E-state index contributed by atoms with van der Waals surface area (Å²) in [5.74, 6) is -0.777. The van der Waals surface area contributed by atoms with Crippen molar-refractivity contribution in [2.24, 2.45) is 5.92 Å². The Kier molecular flexibility index (Phi) is 3.98. The zero-order valence-corrected chi connectivity index (χ0v) is 12.6. The van der Waals surface area contributed by atoms with Crippen LogP contribution in [0.3, 0.4) is 0 Å². The van der Waals surface area contributed by atoms with Crippen LogP contribution in [0.15, 0.2) is 10.3 Å². The Morgan fingerprint density at radius 2 is 2.16 bits per heavy atom. The Bertz CT molecular complexity index is 587. The van der Waals surface area contributed by atoms with Crippen molar-refractivity contribution in [2.75, 3.05) is 13.6 Å². The molecule has 0 radical (unpaired) electrons. The second-order valence-corrected chi connectivity index (χ2v) is 7.83. The number of aryl methyl sites for hydroxylation is 1. The van der Waals surface area contributed by atoms with E-state index in [1.165, 1.54) is 11.4 Å². The molecule has 1 aliphatic rings. The Morgan fingerprint density at radius 1 is 1.53 bits per heavy atom. The first kappa shape index (κ1) is 14.5. The van der Waals surface area contributed by atoms with Gasteiger partial charge in [0.2, 0.25) is 10.0 Å². The van der Waals surface area contributed by atoms with Crippen LogP contribution in [0, 0.1) is 12.8 Å². The first-order valence-corrected chi connectivity index (χ1v) is 8.43. The van der Waals surface area contributed by atoms with Gasteiger partial charge in [0.25, 0.3) is 0 Å². The Morgan fingerprint density at radius 3 is 2.63 bits per heavy atom. The molecular weight excluding hydrogens is 286 g/mol. The van der Waals surface area contributed by atoms with Gasteiger partial charge in [0, 0.05) is 13.6 Å². The molecule has 1 aromatic rings. The molecule has 0 unspecified atom stereocenters. The van der Waals surface area contributed by atoms with Gasteiger partial charge in [-0.1, -0.05) is 6.42 Å². The van der Waals surface area contributed by atoms with E-state index in [0.29, 0.717) is 18.0 Å². The van der Waals surface area contributed by atoms with Crippen molar-refractivity contribution in [2.45, 2.75) is 31.1 Å². The summed E-state index contributed by atoms with van der Waals surface area (Å²) in [7, 11) is -2.19. The minimum Gasteiger partial charge on any atom is -0.477 e. The van der Waals surface area contributed by atoms with Gasteiger partial charge in [-0.15, -0.1) is 11.3 Å². The van der Waals surface area contributed by atoms with Crippen molar-refractivity contribution in [3.8, 4) is 0 Å². The van der Waals surface area contributed by atoms with Crippen molar-refractivity contribution < 1.29 is 18.3 Å². The van der Waals surface area contributed by atoms with E-state index in [0.717, 1.165) is 30.6 Å². The molecule has 0 amide bonds. The number of aromatic carboxylic acids is 1. The normalized spacial score (nSPS) is 16.6. The summed E-state index contributed by atoms with van der Waals surface area (Å²) in [5.41, 5.74) is 0.503. The zero-order chi connectivity index (χ0) is 14.2. The van der Waals surface area contributed by atoms with E-state index >= 15 is 0 Å². The number of hydrogen-bond acceptors (Lipinski definition) is 4. The summed E-state index contributed by atoms with van der Waals surface area (Å²) >= 11 is 0.962. The van der Waals surface area contributed by atoms with Crippen molar-refractivity contribution in [1.29, 1.82) is 0 Å². The van der Waals surface area contributed by atoms with Gasteiger partial charge < -0.3 is 5.11 Å². The van der Waals surface area contributed by atoms with Crippen LogP contribution in [-0.2, 0) is 10.0 Å². The number of nitrogens with zero attached hydrogens (tertiary/aromatic N) is 1. The zero-order valence-electron chi connectivity index (χ0n) is 10.9. The van der Waals surface area contributed by atoms with Crippen LogP contribution >= 0.6 is 11.3 Å². The number of hydrogen-bond donors (Lipinski definition) is 1. The molecule has 2 rings (SSSR count). The maximum absolute atomic E-state index is 12.5. The highest BCUT2D eigenvalue weighted by Crippen LogP contribution is 2.32. The lowest BCUT2D eigenvalue weighted by Crippen LogP contribution is -2.35. The summed E-state index contributed by atoms with van der Waals surface area (Å²) in [5, 5.41) is 10.7. The molecule has 1 aromatic heterocycles. The number of thiophene rings is 1. The van der Waals surface area contributed by atoms with Crippen molar-refractivity contribution in [1.82, 2.24) is 4.31 Å². The van der Waals surface area contributed by atoms with Gasteiger partial charge in [0.1, 0.15) is 9.77 Å². The number of carboxylic acid groups (broad SMARTS) is 1. The average Bonchev–Trinajstić information content (AvgIpc) is 2.65. The quantitative estimate of drug-likeness (QED) is 0.904. The summed E-state index contributed by atoms with van der Waals surface area (Å²) < 4.78 is 26.3. The Balaban J connectivity index is 2.32. The molecule has 1 N–H and O–H groups in total. The highest BCUT2D eigenvalue weighted by atomic mass is 32.2. The molecule has 0 atom stereocenters. The van der Waals surface area contributed by atoms with Crippen LogP contribution in [0.5, 0.6) is 0 Å². The number of carbonyl (C=O) groups is 1.